The standard InChI is InChI=1S/C12H20N2O3S/c1-10(2)14-8-5-9-17-11-6-3-4-7-12(11)18(13,15)16/h3-4,6-7,10,14H,5,8-9H2,1-2H3,(H2,13,15,16). The van der Waals surface area contributed by atoms with E-state index in [1.807, 2.05) is 0 Å². The van der Waals surface area contributed by atoms with Crippen molar-refractivity contribution in [3.8, 4) is 5.75 Å². The molecule has 0 atom stereocenters. The van der Waals surface area contributed by atoms with Crippen LogP contribution in [0.5, 0.6) is 5.75 Å². The zero-order chi connectivity index (χ0) is 13.6. The number of para-hydroxylation sites is 1. The highest BCUT2D eigenvalue weighted by atomic mass is 32.2. The van der Waals surface area contributed by atoms with Crippen LogP contribution in [0.25, 0.3) is 0 Å². The smallest absolute Gasteiger partial charge is 0.241 e. The van der Waals surface area contributed by atoms with Crippen molar-refractivity contribution < 1.29 is 13.2 Å². The van der Waals surface area contributed by atoms with Crippen LogP contribution in [0.15, 0.2) is 29.2 Å². The van der Waals surface area contributed by atoms with Gasteiger partial charge in [0.25, 0.3) is 0 Å². The lowest BCUT2D eigenvalue weighted by atomic mass is 10.3. The van der Waals surface area contributed by atoms with Gasteiger partial charge in [-0.3, -0.25) is 0 Å². The minimum Gasteiger partial charge on any atom is -0.492 e. The summed E-state index contributed by atoms with van der Waals surface area (Å²) in [5.41, 5.74) is 0. The van der Waals surface area contributed by atoms with E-state index in [1.54, 1.807) is 18.2 Å². The number of rotatable bonds is 7. The van der Waals surface area contributed by atoms with Crippen molar-refractivity contribution >= 4 is 10.0 Å². The van der Waals surface area contributed by atoms with E-state index in [1.165, 1.54) is 6.07 Å². The summed E-state index contributed by atoms with van der Waals surface area (Å²) in [6, 6.07) is 6.82. The molecule has 0 fully saturated rings. The monoisotopic (exact) mass is 272 g/mol. The van der Waals surface area contributed by atoms with Crippen LogP contribution in [0.2, 0.25) is 0 Å². The Balaban J connectivity index is 2.53. The molecule has 3 N–H and O–H groups in total. The molecule has 0 unspecified atom stereocenters. The predicted molar refractivity (Wildman–Crippen MR) is 71.1 cm³/mol. The SMILES string of the molecule is CC(C)NCCCOc1ccccc1S(N)(=O)=O. The number of hydrogen-bond donors (Lipinski definition) is 2. The summed E-state index contributed by atoms with van der Waals surface area (Å²) in [5.74, 6) is 0.310. The Hall–Kier alpha value is -1.11. The minimum atomic E-state index is -3.73. The van der Waals surface area contributed by atoms with E-state index in [2.05, 4.69) is 19.2 Å². The molecule has 5 nitrogen and oxygen atoms in total. The van der Waals surface area contributed by atoms with Crippen LogP contribution in [0.4, 0.5) is 0 Å². The van der Waals surface area contributed by atoms with Gasteiger partial charge >= 0.3 is 0 Å². The normalized spacial score (nSPS) is 11.8. The number of sulfonamides is 1. The number of ether oxygens (including phenoxy) is 1. The summed E-state index contributed by atoms with van der Waals surface area (Å²) in [6.45, 7) is 5.41. The van der Waals surface area contributed by atoms with Crippen LogP contribution < -0.4 is 15.2 Å². The first-order chi connectivity index (χ1) is 8.41. The van der Waals surface area contributed by atoms with Crippen molar-refractivity contribution in [2.24, 2.45) is 5.14 Å². The van der Waals surface area contributed by atoms with Gasteiger partial charge in [0, 0.05) is 6.04 Å². The Bertz CT molecular complexity index is 472. The van der Waals surface area contributed by atoms with Gasteiger partial charge in [0.1, 0.15) is 10.6 Å². The van der Waals surface area contributed by atoms with Crippen LogP contribution in [0, 0.1) is 0 Å². The number of primary sulfonamides is 1. The van der Waals surface area contributed by atoms with Gasteiger partial charge in [0.15, 0.2) is 0 Å². The third kappa shape index (κ3) is 5.03. The fourth-order valence-electron chi connectivity index (χ4n) is 1.45. The van der Waals surface area contributed by atoms with Gasteiger partial charge in [-0.15, -0.1) is 0 Å². The Morgan fingerprint density at radius 3 is 2.61 bits per heavy atom. The fourth-order valence-corrected chi connectivity index (χ4v) is 2.13. The molecule has 18 heavy (non-hydrogen) atoms. The maximum absolute atomic E-state index is 11.3. The van der Waals surface area contributed by atoms with Crippen LogP contribution in [0.3, 0.4) is 0 Å². The second kappa shape index (κ2) is 6.72. The second-order valence-electron chi connectivity index (χ2n) is 4.30. The van der Waals surface area contributed by atoms with Crippen molar-refractivity contribution in [3.05, 3.63) is 24.3 Å². The van der Waals surface area contributed by atoms with Crippen LogP contribution in [-0.2, 0) is 10.0 Å². The highest BCUT2D eigenvalue weighted by Gasteiger charge is 2.13. The molecule has 0 amide bonds. The van der Waals surface area contributed by atoms with Gasteiger partial charge in [-0.1, -0.05) is 26.0 Å². The average molecular weight is 272 g/mol. The Labute approximate surface area is 108 Å². The first kappa shape index (κ1) is 14.9. The molecule has 0 radical (unpaired) electrons. The van der Waals surface area contributed by atoms with Gasteiger partial charge in [0.05, 0.1) is 6.61 Å². The average Bonchev–Trinajstić information content (AvgIpc) is 2.27. The molecule has 0 aliphatic heterocycles. The van der Waals surface area contributed by atoms with E-state index in [0.29, 0.717) is 18.4 Å². The summed E-state index contributed by atoms with van der Waals surface area (Å²) in [6.07, 6.45) is 0.803. The summed E-state index contributed by atoms with van der Waals surface area (Å²) >= 11 is 0. The van der Waals surface area contributed by atoms with E-state index >= 15 is 0 Å². The van der Waals surface area contributed by atoms with Gasteiger partial charge in [0.2, 0.25) is 10.0 Å². The highest BCUT2D eigenvalue weighted by Crippen LogP contribution is 2.21. The molecule has 0 heterocycles. The Kier molecular flexibility index (Phi) is 5.58. The third-order valence-electron chi connectivity index (χ3n) is 2.29. The third-order valence-corrected chi connectivity index (χ3v) is 3.24. The van der Waals surface area contributed by atoms with E-state index in [-0.39, 0.29) is 4.90 Å². The largest absolute Gasteiger partial charge is 0.492 e. The molecule has 0 spiro atoms. The number of nitrogens with one attached hydrogen (secondary N) is 1. The molecule has 102 valence electrons. The molecule has 0 aromatic heterocycles. The van der Waals surface area contributed by atoms with Gasteiger partial charge in [-0.2, -0.15) is 0 Å². The van der Waals surface area contributed by atoms with Crippen molar-refractivity contribution in [2.75, 3.05) is 13.2 Å². The lowest BCUT2D eigenvalue weighted by molar-refractivity contribution is 0.299. The summed E-state index contributed by atoms with van der Waals surface area (Å²) in [4.78, 5) is 0.0295. The van der Waals surface area contributed by atoms with Crippen molar-refractivity contribution in [3.63, 3.8) is 0 Å². The molecule has 0 saturated heterocycles. The lowest BCUT2D eigenvalue weighted by Gasteiger charge is -2.11. The molecular formula is C12H20N2O3S. The van der Waals surface area contributed by atoms with Crippen LogP contribution in [-0.4, -0.2) is 27.6 Å². The first-order valence-corrected chi connectivity index (χ1v) is 7.44. The van der Waals surface area contributed by atoms with Gasteiger partial charge in [-0.05, 0) is 25.1 Å². The molecular weight excluding hydrogens is 252 g/mol. The van der Waals surface area contributed by atoms with E-state index in [4.69, 9.17) is 9.88 Å². The maximum atomic E-state index is 11.3. The summed E-state index contributed by atoms with van der Waals surface area (Å²) in [5, 5.41) is 8.36. The predicted octanol–water partition coefficient (Wildman–Crippen LogP) is 1.10. The topological polar surface area (TPSA) is 81.4 Å². The van der Waals surface area contributed by atoms with Gasteiger partial charge in [-0.25, -0.2) is 13.6 Å². The summed E-state index contributed by atoms with van der Waals surface area (Å²) < 4.78 is 28.1. The van der Waals surface area contributed by atoms with E-state index in [0.717, 1.165) is 13.0 Å². The van der Waals surface area contributed by atoms with Crippen LogP contribution in [0.1, 0.15) is 20.3 Å². The van der Waals surface area contributed by atoms with Crippen LogP contribution >= 0.6 is 0 Å². The molecule has 1 aromatic rings. The van der Waals surface area contributed by atoms with Crippen molar-refractivity contribution in [2.45, 2.75) is 31.2 Å². The molecule has 0 saturated carbocycles. The molecule has 0 bridgehead atoms. The fraction of sp³-hybridized carbons (Fsp3) is 0.500. The van der Waals surface area contributed by atoms with E-state index < -0.39 is 10.0 Å². The minimum absolute atomic E-state index is 0.0295. The second-order valence-corrected chi connectivity index (χ2v) is 5.83. The molecule has 0 aliphatic carbocycles. The van der Waals surface area contributed by atoms with Crippen molar-refractivity contribution in [1.82, 2.24) is 5.32 Å². The Morgan fingerprint density at radius 1 is 1.33 bits per heavy atom. The zero-order valence-electron chi connectivity index (χ0n) is 10.7. The molecule has 6 heteroatoms. The molecule has 0 aliphatic rings. The number of hydrogen-bond acceptors (Lipinski definition) is 4. The summed E-state index contributed by atoms with van der Waals surface area (Å²) in [7, 11) is -3.73. The molecule has 1 aromatic carbocycles. The van der Waals surface area contributed by atoms with Gasteiger partial charge < -0.3 is 10.1 Å². The maximum Gasteiger partial charge on any atom is 0.241 e. The van der Waals surface area contributed by atoms with Crippen molar-refractivity contribution in [1.29, 1.82) is 0 Å². The lowest BCUT2D eigenvalue weighted by Crippen LogP contribution is -2.25. The number of benzene rings is 1. The quantitative estimate of drug-likeness (QED) is 0.728. The highest BCUT2D eigenvalue weighted by molar-refractivity contribution is 7.89. The Morgan fingerprint density at radius 2 is 2.00 bits per heavy atom. The first-order valence-electron chi connectivity index (χ1n) is 5.89. The number of nitrogens with two attached hydrogens (primary N) is 1. The van der Waals surface area contributed by atoms with E-state index in [9.17, 15) is 8.42 Å². The molecule has 1 rings (SSSR count). The zero-order valence-corrected chi connectivity index (χ0v) is 11.5.